The van der Waals surface area contributed by atoms with Crippen LogP contribution >= 0.6 is 0 Å². The van der Waals surface area contributed by atoms with Crippen LogP contribution in [0.4, 0.5) is 0 Å². The van der Waals surface area contributed by atoms with Crippen LogP contribution in [-0.2, 0) is 4.74 Å². The molecule has 5 nitrogen and oxygen atoms in total. The lowest BCUT2D eigenvalue weighted by molar-refractivity contribution is -0.0686. The highest BCUT2D eigenvalue weighted by atomic mass is 16.5. The van der Waals surface area contributed by atoms with Gasteiger partial charge < -0.3 is 13.7 Å². The number of aromatic nitrogens is 2. The summed E-state index contributed by atoms with van der Waals surface area (Å²) in [4.78, 5) is 4.57. The lowest BCUT2D eigenvalue weighted by Crippen LogP contribution is -2.28. The lowest BCUT2D eigenvalue weighted by atomic mass is 9.87. The lowest BCUT2D eigenvalue weighted by Gasteiger charge is -2.25. The highest BCUT2D eigenvalue weighted by Crippen LogP contribution is 2.46. The van der Waals surface area contributed by atoms with Gasteiger partial charge in [0.05, 0.1) is 23.4 Å². The Morgan fingerprint density at radius 2 is 2.09 bits per heavy atom. The minimum absolute atomic E-state index is 0.122. The molecule has 1 aliphatic rings. The molecule has 2 aromatic rings. The molecule has 0 saturated carbocycles. The smallest absolute Gasteiger partial charge is 0.253 e. The number of nitrogens with zero attached hydrogens (tertiary/aromatic N) is 2. The van der Waals surface area contributed by atoms with Gasteiger partial charge in [-0.15, -0.1) is 0 Å². The van der Waals surface area contributed by atoms with Crippen LogP contribution in [0.15, 0.2) is 27.3 Å². The standard InChI is InChI=1S/C17H22N2O3/c1-11(9-12-7-6-8-20-12)15-18-14(19-21-15)13-10-16(2,3)22-17(13,4)5/h6-9,13H,10H2,1-5H3/b11-9-. The topological polar surface area (TPSA) is 61.3 Å². The van der Waals surface area contributed by atoms with Gasteiger partial charge in [-0.1, -0.05) is 5.16 Å². The fourth-order valence-electron chi connectivity index (χ4n) is 3.15. The Balaban J connectivity index is 1.85. The van der Waals surface area contributed by atoms with E-state index < -0.39 is 0 Å². The molecule has 3 rings (SSSR count). The highest BCUT2D eigenvalue weighted by Gasteiger charge is 2.48. The van der Waals surface area contributed by atoms with E-state index in [0.29, 0.717) is 11.7 Å². The fourth-order valence-corrected chi connectivity index (χ4v) is 3.15. The van der Waals surface area contributed by atoms with Gasteiger partial charge in [-0.25, -0.2) is 0 Å². The number of hydrogen-bond donors (Lipinski definition) is 0. The van der Waals surface area contributed by atoms with Crippen molar-refractivity contribution < 1.29 is 13.7 Å². The molecule has 0 amide bonds. The van der Waals surface area contributed by atoms with Gasteiger partial charge in [0, 0.05) is 5.57 Å². The van der Waals surface area contributed by atoms with Crippen LogP contribution in [0.25, 0.3) is 11.6 Å². The third kappa shape index (κ3) is 2.86. The molecule has 2 aromatic heterocycles. The Bertz CT molecular complexity index is 681. The Kier molecular flexibility index (Phi) is 3.48. The molecular formula is C17H22N2O3. The maximum absolute atomic E-state index is 6.11. The minimum Gasteiger partial charge on any atom is -0.465 e. The second-order valence-corrected chi connectivity index (χ2v) is 7.02. The molecule has 0 aromatic carbocycles. The maximum atomic E-state index is 6.11. The molecule has 1 aliphatic heterocycles. The first kappa shape index (κ1) is 15.0. The molecule has 1 fully saturated rings. The molecule has 22 heavy (non-hydrogen) atoms. The molecule has 1 unspecified atom stereocenters. The summed E-state index contributed by atoms with van der Waals surface area (Å²) in [5.41, 5.74) is 0.404. The third-order valence-electron chi connectivity index (χ3n) is 4.07. The summed E-state index contributed by atoms with van der Waals surface area (Å²) in [5.74, 6) is 2.11. The summed E-state index contributed by atoms with van der Waals surface area (Å²) < 4.78 is 16.8. The molecule has 0 spiro atoms. The van der Waals surface area contributed by atoms with Crippen LogP contribution in [0, 0.1) is 0 Å². The quantitative estimate of drug-likeness (QED) is 0.846. The first-order valence-electron chi connectivity index (χ1n) is 7.53. The van der Waals surface area contributed by atoms with Crippen molar-refractivity contribution >= 4 is 11.6 Å². The van der Waals surface area contributed by atoms with Crippen LogP contribution in [0.1, 0.15) is 64.4 Å². The molecule has 0 N–H and O–H groups in total. The first-order valence-corrected chi connectivity index (χ1v) is 7.53. The van der Waals surface area contributed by atoms with E-state index in [1.54, 1.807) is 6.26 Å². The van der Waals surface area contributed by atoms with E-state index in [1.807, 2.05) is 25.1 Å². The Hall–Kier alpha value is -1.88. The normalized spacial score (nSPS) is 23.9. The minimum atomic E-state index is -0.302. The van der Waals surface area contributed by atoms with Gasteiger partial charge >= 0.3 is 0 Å². The van der Waals surface area contributed by atoms with Crippen molar-refractivity contribution in [3.05, 3.63) is 35.9 Å². The van der Waals surface area contributed by atoms with Gasteiger partial charge in [0.15, 0.2) is 5.82 Å². The summed E-state index contributed by atoms with van der Waals surface area (Å²) in [6.45, 7) is 10.3. The summed E-state index contributed by atoms with van der Waals surface area (Å²) in [5, 5.41) is 4.17. The SMILES string of the molecule is C/C(=C/c1ccco1)c1nc(C2CC(C)(C)OC2(C)C)no1. The van der Waals surface area contributed by atoms with Crippen LogP contribution in [-0.4, -0.2) is 21.3 Å². The molecule has 1 atom stereocenters. The van der Waals surface area contributed by atoms with Crippen molar-refractivity contribution in [2.45, 2.75) is 58.2 Å². The van der Waals surface area contributed by atoms with Crippen LogP contribution < -0.4 is 0 Å². The molecule has 3 heterocycles. The van der Waals surface area contributed by atoms with E-state index in [2.05, 4.69) is 37.8 Å². The van der Waals surface area contributed by atoms with Crippen LogP contribution in [0.2, 0.25) is 0 Å². The second-order valence-electron chi connectivity index (χ2n) is 7.02. The molecule has 0 radical (unpaired) electrons. The van der Waals surface area contributed by atoms with Crippen molar-refractivity contribution in [3.8, 4) is 0 Å². The molecule has 5 heteroatoms. The van der Waals surface area contributed by atoms with Gasteiger partial charge in [0.25, 0.3) is 5.89 Å². The van der Waals surface area contributed by atoms with Crippen LogP contribution in [0.3, 0.4) is 0 Å². The molecule has 0 bridgehead atoms. The highest BCUT2D eigenvalue weighted by molar-refractivity contribution is 5.74. The Morgan fingerprint density at radius 3 is 2.68 bits per heavy atom. The van der Waals surface area contributed by atoms with Gasteiger partial charge in [0.1, 0.15) is 5.76 Å². The van der Waals surface area contributed by atoms with Crippen molar-refractivity contribution in [2.24, 2.45) is 0 Å². The van der Waals surface area contributed by atoms with Gasteiger partial charge in [-0.3, -0.25) is 0 Å². The van der Waals surface area contributed by atoms with E-state index in [0.717, 1.165) is 17.8 Å². The van der Waals surface area contributed by atoms with E-state index >= 15 is 0 Å². The summed E-state index contributed by atoms with van der Waals surface area (Å²) in [6, 6.07) is 3.73. The zero-order valence-electron chi connectivity index (χ0n) is 13.7. The predicted octanol–water partition coefficient (Wildman–Crippen LogP) is 4.28. The Labute approximate surface area is 130 Å². The molecular weight excluding hydrogens is 280 g/mol. The largest absolute Gasteiger partial charge is 0.465 e. The summed E-state index contributed by atoms with van der Waals surface area (Å²) >= 11 is 0. The van der Waals surface area contributed by atoms with Gasteiger partial charge in [-0.05, 0) is 59.2 Å². The van der Waals surface area contributed by atoms with Crippen molar-refractivity contribution in [1.29, 1.82) is 0 Å². The third-order valence-corrected chi connectivity index (χ3v) is 4.07. The number of allylic oxidation sites excluding steroid dienone is 1. The number of furan rings is 1. The zero-order chi connectivity index (χ0) is 16.0. The summed E-state index contributed by atoms with van der Waals surface area (Å²) in [6.07, 6.45) is 4.40. The van der Waals surface area contributed by atoms with E-state index in [4.69, 9.17) is 13.7 Å². The average Bonchev–Trinajstić information content (AvgIpc) is 3.08. The number of hydrogen-bond acceptors (Lipinski definition) is 5. The second kappa shape index (κ2) is 5.09. The van der Waals surface area contributed by atoms with Crippen LogP contribution in [0.5, 0.6) is 0 Å². The average molecular weight is 302 g/mol. The molecule has 1 saturated heterocycles. The maximum Gasteiger partial charge on any atom is 0.253 e. The zero-order valence-corrected chi connectivity index (χ0v) is 13.7. The number of ether oxygens (including phenoxy) is 1. The monoisotopic (exact) mass is 302 g/mol. The summed E-state index contributed by atoms with van der Waals surface area (Å²) in [7, 11) is 0. The first-order chi connectivity index (χ1) is 10.3. The number of rotatable bonds is 3. The van der Waals surface area contributed by atoms with E-state index in [9.17, 15) is 0 Å². The Morgan fingerprint density at radius 1 is 1.32 bits per heavy atom. The van der Waals surface area contributed by atoms with Crippen molar-refractivity contribution in [1.82, 2.24) is 10.1 Å². The molecule has 118 valence electrons. The van der Waals surface area contributed by atoms with Crippen molar-refractivity contribution in [3.63, 3.8) is 0 Å². The predicted molar refractivity (Wildman–Crippen MR) is 83.2 cm³/mol. The van der Waals surface area contributed by atoms with Gasteiger partial charge in [0.2, 0.25) is 0 Å². The van der Waals surface area contributed by atoms with Gasteiger partial charge in [-0.2, -0.15) is 4.98 Å². The van der Waals surface area contributed by atoms with E-state index in [-0.39, 0.29) is 17.1 Å². The van der Waals surface area contributed by atoms with Crippen molar-refractivity contribution in [2.75, 3.05) is 0 Å². The molecule has 0 aliphatic carbocycles. The van der Waals surface area contributed by atoms with E-state index in [1.165, 1.54) is 0 Å². The fraction of sp³-hybridized carbons (Fsp3) is 0.529.